The van der Waals surface area contributed by atoms with E-state index in [-0.39, 0.29) is 11.8 Å². The van der Waals surface area contributed by atoms with Crippen LogP contribution in [0.5, 0.6) is 0 Å². The summed E-state index contributed by atoms with van der Waals surface area (Å²) in [5.41, 5.74) is 0. The van der Waals surface area contributed by atoms with E-state index in [2.05, 4.69) is 10.2 Å². The molecule has 0 bridgehead atoms. The van der Waals surface area contributed by atoms with Crippen LogP contribution in [-0.2, 0) is 4.79 Å². The van der Waals surface area contributed by atoms with Crippen LogP contribution in [0.4, 0.5) is 0 Å². The molecule has 2 rings (SSSR count). The second-order valence-corrected chi connectivity index (χ2v) is 5.92. The Bertz CT molecular complexity index is 292. The Hall–Kier alpha value is -0.640. The minimum Gasteiger partial charge on any atom is -0.349 e. The van der Waals surface area contributed by atoms with E-state index in [1.54, 1.807) is 0 Å². The molecule has 1 saturated heterocycles. The summed E-state index contributed by atoms with van der Waals surface area (Å²) in [5, 5.41) is 3.63. The summed E-state index contributed by atoms with van der Waals surface area (Å²) in [6.45, 7) is 2.01. The summed E-state index contributed by atoms with van der Waals surface area (Å²) in [6, 6.07) is 0. The molecule has 0 spiro atoms. The molecule has 0 unspecified atom stereocenters. The number of likely N-dealkylation sites (tertiary alicyclic amines) is 1. The van der Waals surface area contributed by atoms with Gasteiger partial charge in [0, 0.05) is 19.0 Å². The highest BCUT2D eigenvalue weighted by Gasteiger charge is 2.23. The third kappa shape index (κ3) is 3.94. The number of hydrogen-bond donors (Lipinski definition) is 1. The zero-order valence-corrected chi connectivity index (χ0v) is 11.9. The highest BCUT2D eigenvalue weighted by molar-refractivity contribution is 7.80. The lowest BCUT2D eigenvalue weighted by atomic mass is 9.89. The molecule has 1 aliphatic heterocycles. The van der Waals surface area contributed by atoms with Crippen molar-refractivity contribution in [2.75, 3.05) is 13.1 Å². The minimum absolute atomic E-state index is 0.156. The summed E-state index contributed by atoms with van der Waals surface area (Å²) >= 11 is 5.37. The molecule has 1 N–H and O–H groups in total. The number of nitrogens with zero attached hydrogens (tertiary/aromatic N) is 1. The number of carbonyl (C=O) groups is 1. The molecule has 102 valence electrons. The van der Waals surface area contributed by atoms with Gasteiger partial charge in [0.1, 0.15) is 0 Å². The largest absolute Gasteiger partial charge is 0.349 e. The van der Waals surface area contributed by atoms with Gasteiger partial charge in [0.2, 0.25) is 5.91 Å². The second-order valence-electron chi connectivity index (χ2n) is 5.53. The first-order valence-electron chi connectivity index (χ1n) is 7.37. The van der Waals surface area contributed by atoms with Crippen LogP contribution in [0.15, 0.2) is 0 Å². The number of thiocarbonyl (C=S) groups is 1. The van der Waals surface area contributed by atoms with E-state index in [1.807, 2.05) is 0 Å². The Labute approximate surface area is 115 Å². The summed E-state index contributed by atoms with van der Waals surface area (Å²) in [5.74, 6) is 0.354. The lowest BCUT2D eigenvalue weighted by Crippen LogP contribution is -2.45. The fourth-order valence-corrected chi connectivity index (χ4v) is 3.21. The van der Waals surface area contributed by atoms with Gasteiger partial charge in [0.05, 0.1) is 0 Å². The number of hydrogen-bond acceptors (Lipinski definition) is 2. The van der Waals surface area contributed by atoms with Crippen molar-refractivity contribution < 1.29 is 4.79 Å². The van der Waals surface area contributed by atoms with Crippen LogP contribution in [0.3, 0.4) is 0 Å². The molecular weight excluding hydrogens is 244 g/mol. The summed E-state index contributed by atoms with van der Waals surface area (Å²) in [6.07, 6.45) is 10.7. The Morgan fingerprint density at radius 3 is 2.11 bits per heavy atom. The molecule has 0 radical (unpaired) electrons. The van der Waals surface area contributed by atoms with Crippen molar-refractivity contribution in [3.63, 3.8) is 0 Å². The third-order valence-corrected chi connectivity index (χ3v) is 4.46. The van der Waals surface area contributed by atoms with Crippen LogP contribution in [0, 0.1) is 5.92 Å². The summed E-state index contributed by atoms with van der Waals surface area (Å²) in [7, 11) is 0. The van der Waals surface area contributed by atoms with Gasteiger partial charge in [-0.1, -0.05) is 32.1 Å². The molecule has 18 heavy (non-hydrogen) atoms. The van der Waals surface area contributed by atoms with E-state index in [9.17, 15) is 4.79 Å². The standard InChI is InChI=1S/C14H24N2OS/c17-13(12-8-4-3-5-9-12)15-14(18)16-10-6-1-2-7-11-16/h12H,1-11H2,(H,15,17,18). The SMILES string of the molecule is O=C(NC(=S)N1CCCCCC1)C1CCCCC1. The van der Waals surface area contributed by atoms with Crippen molar-refractivity contribution in [1.29, 1.82) is 0 Å². The second kappa shape index (κ2) is 7.07. The molecule has 1 heterocycles. The van der Waals surface area contributed by atoms with Crippen molar-refractivity contribution in [2.24, 2.45) is 5.92 Å². The molecule has 1 amide bonds. The maximum absolute atomic E-state index is 12.1. The summed E-state index contributed by atoms with van der Waals surface area (Å²) < 4.78 is 0. The first-order valence-corrected chi connectivity index (χ1v) is 7.78. The first kappa shape index (κ1) is 13.8. The maximum Gasteiger partial charge on any atom is 0.229 e. The van der Waals surface area contributed by atoms with Gasteiger partial charge in [-0.3, -0.25) is 4.79 Å². The maximum atomic E-state index is 12.1. The van der Waals surface area contributed by atoms with Gasteiger partial charge in [0.25, 0.3) is 0 Å². The molecule has 1 saturated carbocycles. The van der Waals surface area contributed by atoms with E-state index in [0.29, 0.717) is 5.11 Å². The van der Waals surface area contributed by atoms with Gasteiger partial charge in [-0.15, -0.1) is 0 Å². The quantitative estimate of drug-likeness (QED) is 0.742. The monoisotopic (exact) mass is 268 g/mol. The number of carbonyl (C=O) groups excluding carboxylic acids is 1. The molecule has 0 aromatic rings. The average molecular weight is 268 g/mol. The first-order chi connectivity index (χ1) is 8.77. The smallest absolute Gasteiger partial charge is 0.229 e. The average Bonchev–Trinajstić information content (AvgIpc) is 2.68. The van der Waals surface area contributed by atoms with E-state index in [4.69, 9.17) is 12.2 Å². The van der Waals surface area contributed by atoms with Gasteiger partial charge in [0.15, 0.2) is 5.11 Å². The Kier molecular flexibility index (Phi) is 5.42. The Balaban J connectivity index is 1.79. The van der Waals surface area contributed by atoms with Gasteiger partial charge in [-0.2, -0.15) is 0 Å². The van der Waals surface area contributed by atoms with Crippen LogP contribution < -0.4 is 5.32 Å². The van der Waals surface area contributed by atoms with Crippen molar-refractivity contribution >= 4 is 23.2 Å². The Morgan fingerprint density at radius 2 is 1.50 bits per heavy atom. The fourth-order valence-electron chi connectivity index (χ4n) is 2.93. The lowest BCUT2D eigenvalue weighted by molar-refractivity contribution is -0.124. The molecule has 2 aliphatic rings. The molecule has 3 nitrogen and oxygen atoms in total. The molecule has 0 aromatic heterocycles. The van der Waals surface area contributed by atoms with Gasteiger partial charge in [-0.25, -0.2) is 0 Å². The zero-order valence-electron chi connectivity index (χ0n) is 11.1. The van der Waals surface area contributed by atoms with Crippen molar-refractivity contribution in [3.8, 4) is 0 Å². The highest BCUT2D eigenvalue weighted by atomic mass is 32.1. The van der Waals surface area contributed by atoms with Crippen molar-refractivity contribution in [1.82, 2.24) is 10.2 Å². The van der Waals surface area contributed by atoms with Crippen molar-refractivity contribution in [2.45, 2.75) is 57.8 Å². The number of amides is 1. The zero-order chi connectivity index (χ0) is 12.8. The highest BCUT2D eigenvalue weighted by Crippen LogP contribution is 2.23. The number of rotatable bonds is 1. The predicted molar refractivity (Wildman–Crippen MR) is 77.4 cm³/mol. The third-order valence-electron chi connectivity index (χ3n) is 4.10. The van der Waals surface area contributed by atoms with E-state index in [0.717, 1.165) is 25.9 Å². The van der Waals surface area contributed by atoms with E-state index >= 15 is 0 Å². The lowest BCUT2D eigenvalue weighted by Gasteiger charge is -2.26. The predicted octanol–water partition coefficient (Wildman–Crippen LogP) is 2.84. The normalized spacial score (nSPS) is 22.3. The van der Waals surface area contributed by atoms with Crippen LogP contribution in [0.1, 0.15) is 57.8 Å². The molecular formula is C14H24N2OS. The molecule has 0 aromatic carbocycles. The molecule has 2 fully saturated rings. The van der Waals surface area contributed by atoms with Crippen LogP contribution in [0.25, 0.3) is 0 Å². The molecule has 4 heteroatoms. The van der Waals surface area contributed by atoms with Crippen LogP contribution in [-0.4, -0.2) is 29.0 Å². The van der Waals surface area contributed by atoms with Crippen molar-refractivity contribution in [3.05, 3.63) is 0 Å². The molecule has 1 aliphatic carbocycles. The van der Waals surface area contributed by atoms with Crippen LogP contribution in [0.2, 0.25) is 0 Å². The van der Waals surface area contributed by atoms with Gasteiger partial charge >= 0.3 is 0 Å². The minimum atomic E-state index is 0.156. The molecule has 0 atom stereocenters. The van der Waals surface area contributed by atoms with E-state index in [1.165, 1.54) is 44.9 Å². The van der Waals surface area contributed by atoms with Gasteiger partial charge in [-0.05, 0) is 37.9 Å². The van der Waals surface area contributed by atoms with Crippen LogP contribution >= 0.6 is 12.2 Å². The van der Waals surface area contributed by atoms with Gasteiger partial charge < -0.3 is 10.2 Å². The van der Waals surface area contributed by atoms with E-state index < -0.39 is 0 Å². The topological polar surface area (TPSA) is 32.3 Å². The fraction of sp³-hybridized carbons (Fsp3) is 0.857. The summed E-state index contributed by atoms with van der Waals surface area (Å²) in [4.78, 5) is 14.3. The number of nitrogens with one attached hydrogen (secondary N) is 1. The Morgan fingerprint density at radius 1 is 0.944 bits per heavy atom.